The Morgan fingerprint density at radius 3 is 2.17 bits per heavy atom. The third-order valence-corrected chi connectivity index (χ3v) is 6.93. The van der Waals surface area contributed by atoms with Crippen LogP contribution in [0.15, 0.2) is 77.7 Å². The molecule has 0 radical (unpaired) electrons. The second-order valence-corrected chi connectivity index (χ2v) is 9.36. The summed E-state index contributed by atoms with van der Waals surface area (Å²) in [6.07, 6.45) is 0.841. The Hall–Kier alpha value is -3.72. The summed E-state index contributed by atoms with van der Waals surface area (Å²) < 4.78 is 44.7. The van der Waals surface area contributed by atoms with Gasteiger partial charge in [0.25, 0.3) is 15.9 Å². The summed E-state index contributed by atoms with van der Waals surface area (Å²) in [5.41, 5.74) is 0.774. The standard InChI is InChI=1S/C26H30N2O6S/c1-4-17-33-24-13-9-10-14-25(24)34-19-26(29)27-22-18-21(15-16-23(22)32-3)35(30,31)28(5-2)20-11-7-6-8-12-20/h6-16,18H,4-5,17,19H2,1-3H3,(H,27,29). The summed E-state index contributed by atoms with van der Waals surface area (Å²) in [5, 5.41) is 2.69. The van der Waals surface area contributed by atoms with Crippen molar-refractivity contribution in [3.05, 3.63) is 72.8 Å². The molecule has 9 heteroatoms. The van der Waals surface area contributed by atoms with Gasteiger partial charge in [-0.3, -0.25) is 9.10 Å². The molecule has 35 heavy (non-hydrogen) atoms. The zero-order valence-corrected chi connectivity index (χ0v) is 20.9. The molecule has 1 N–H and O–H groups in total. The van der Waals surface area contributed by atoms with E-state index in [9.17, 15) is 13.2 Å². The minimum atomic E-state index is -3.88. The van der Waals surface area contributed by atoms with Gasteiger partial charge in [-0.05, 0) is 55.8 Å². The van der Waals surface area contributed by atoms with Crippen molar-refractivity contribution in [3.8, 4) is 17.2 Å². The Morgan fingerprint density at radius 1 is 0.886 bits per heavy atom. The lowest BCUT2D eigenvalue weighted by molar-refractivity contribution is -0.118. The summed E-state index contributed by atoms with van der Waals surface area (Å²) in [6.45, 7) is 4.24. The van der Waals surface area contributed by atoms with Crippen LogP contribution in [0, 0.1) is 0 Å². The molecular weight excluding hydrogens is 468 g/mol. The van der Waals surface area contributed by atoms with E-state index in [1.165, 1.54) is 29.6 Å². The van der Waals surface area contributed by atoms with Crippen LogP contribution >= 0.6 is 0 Å². The number of ether oxygens (including phenoxy) is 3. The average Bonchev–Trinajstić information content (AvgIpc) is 2.87. The van der Waals surface area contributed by atoms with E-state index in [2.05, 4.69) is 5.32 Å². The molecule has 3 aromatic rings. The topological polar surface area (TPSA) is 94.2 Å². The highest BCUT2D eigenvalue weighted by molar-refractivity contribution is 7.92. The third kappa shape index (κ3) is 6.45. The number of carbonyl (C=O) groups excluding carboxylic acids is 1. The van der Waals surface area contributed by atoms with Crippen molar-refractivity contribution in [3.63, 3.8) is 0 Å². The van der Waals surface area contributed by atoms with Crippen molar-refractivity contribution in [1.29, 1.82) is 0 Å². The van der Waals surface area contributed by atoms with E-state index >= 15 is 0 Å². The number of sulfonamides is 1. The van der Waals surface area contributed by atoms with Crippen LogP contribution in [0.5, 0.6) is 17.2 Å². The molecule has 0 aliphatic heterocycles. The Balaban J connectivity index is 1.79. The lowest BCUT2D eigenvalue weighted by Crippen LogP contribution is -2.30. The number of hydrogen-bond acceptors (Lipinski definition) is 6. The highest BCUT2D eigenvalue weighted by Gasteiger charge is 2.25. The molecule has 0 saturated carbocycles. The Kier molecular flexibility index (Phi) is 8.97. The van der Waals surface area contributed by atoms with Crippen LogP contribution in [0.2, 0.25) is 0 Å². The first kappa shape index (κ1) is 25.9. The summed E-state index contributed by atoms with van der Waals surface area (Å²) in [7, 11) is -2.43. The molecule has 3 rings (SSSR count). The maximum absolute atomic E-state index is 13.4. The van der Waals surface area contributed by atoms with Crippen LogP contribution in [-0.2, 0) is 14.8 Å². The van der Waals surface area contributed by atoms with Crippen LogP contribution in [0.4, 0.5) is 11.4 Å². The van der Waals surface area contributed by atoms with Gasteiger partial charge >= 0.3 is 0 Å². The number of hydrogen-bond donors (Lipinski definition) is 1. The van der Waals surface area contributed by atoms with E-state index in [-0.39, 0.29) is 23.7 Å². The second-order valence-electron chi connectivity index (χ2n) is 7.50. The highest BCUT2D eigenvalue weighted by atomic mass is 32.2. The SMILES string of the molecule is CCCOc1ccccc1OCC(=O)Nc1cc(S(=O)(=O)N(CC)c2ccccc2)ccc1OC. The van der Waals surface area contributed by atoms with Gasteiger partial charge in [0.1, 0.15) is 5.75 Å². The van der Waals surface area contributed by atoms with Gasteiger partial charge in [-0.1, -0.05) is 37.3 Å². The monoisotopic (exact) mass is 498 g/mol. The van der Waals surface area contributed by atoms with Gasteiger partial charge in [-0.15, -0.1) is 0 Å². The fraction of sp³-hybridized carbons (Fsp3) is 0.269. The first-order valence-electron chi connectivity index (χ1n) is 11.3. The molecule has 0 aliphatic rings. The first-order chi connectivity index (χ1) is 16.9. The lowest BCUT2D eigenvalue weighted by atomic mass is 10.3. The number of para-hydroxylation sites is 3. The third-order valence-electron chi connectivity index (χ3n) is 5.03. The number of anilines is 2. The van der Waals surface area contributed by atoms with Crippen molar-refractivity contribution in [2.75, 3.05) is 36.5 Å². The van der Waals surface area contributed by atoms with E-state index in [0.29, 0.717) is 29.5 Å². The fourth-order valence-electron chi connectivity index (χ4n) is 3.39. The number of nitrogens with one attached hydrogen (secondary N) is 1. The molecular formula is C26H30N2O6S. The molecule has 1 amide bonds. The molecule has 0 atom stereocenters. The van der Waals surface area contributed by atoms with Crippen molar-refractivity contribution < 1.29 is 27.4 Å². The molecule has 0 saturated heterocycles. The van der Waals surface area contributed by atoms with Crippen molar-refractivity contribution in [2.24, 2.45) is 0 Å². The molecule has 8 nitrogen and oxygen atoms in total. The van der Waals surface area contributed by atoms with Gasteiger partial charge in [-0.2, -0.15) is 0 Å². The van der Waals surface area contributed by atoms with Crippen molar-refractivity contribution >= 4 is 27.3 Å². The maximum atomic E-state index is 13.4. The first-order valence-corrected chi connectivity index (χ1v) is 12.7. The Morgan fingerprint density at radius 2 is 1.54 bits per heavy atom. The van der Waals surface area contributed by atoms with Gasteiger partial charge in [-0.25, -0.2) is 8.42 Å². The van der Waals surface area contributed by atoms with Crippen LogP contribution in [0.25, 0.3) is 0 Å². The molecule has 0 aromatic heterocycles. The smallest absolute Gasteiger partial charge is 0.264 e. The summed E-state index contributed by atoms with van der Waals surface area (Å²) >= 11 is 0. The van der Waals surface area contributed by atoms with E-state index in [1.54, 1.807) is 49.4 Å². The van der Waals surface area contributed by atoms with Crippen LogP contribution in [-0.4, -0.2) is 41.2 Å². The summed E-state index contributed by atoms with van der Waals surface area (Å²) in [4.78, 5) is 12.7. The van der Waals surface area contributed by atoms with Crippen LogP contribution < -0.4 is 23.8 Å². The predicted octanol–water partition coefficient (Wildman–Crippen LogP) is 4.72. The minimum Gasteiger partial charge on any atom is -0.495 e. The average molecular weight is 499 g/mol. The van der Waals surface area contributed by atoms with Gasteiger partial charge in [0, 0.05) is 6.54 Å². The van der Waals surface area contributed by atoms with E-state index in [1.807, 2.05) is 19.1 Å². The van der Waals surface area contributed by atoms with Crippen molar-refractivity contribution in [2.45, 2.75) is 25.2 Å². The summed E-state index contributed by atoms with van der Waals surface area (Å²) in [5.74, 6) is 0.847. The number of methoxy groups -OCH3 is 1. The zero-order chi connectivity index (χ0) is 25.3. The molecule has 0 heterocycles. The van der Waals surface area contributed by atoms with Crippen LogP contribution in [0.3, 0.4) is 0 Å². The van der Waals surface area contributed by atoms with Crippen LogP contribution in [0.1, 0.15) is 20.3 Å². The predicted molar refractivity (Wildman–Crippen MR) is 136 cm³/mol. The lowest BCUT2D eigenvalue weighted by Gasteiger charge is -2.23. The molecule has 0 unspecified atom stereocenters. The summed E-state index contributed by atoms with van der Waals surface area (Å²) in [6, 6.07) is 20.3. The molecule has 0 spiro atoms. The largest absolute Gasteiger partial charge is 0.495 e. The van der Waals surface area contributed by atoms with Gasteiger partial charge in [0.2, 0.25) is 0 Å². The van der Waals surface area contributed by atoms with E-state index < -0.39 is 15.9 Å². The number of benzene rings is 3. The normalized spacial score (nSPS) is 10.9. The molecule has 186 valence electrons. The van der Waals surface area contributed by atoms with Gasteiger partial charge in [0.15, 0.2) is 18.1 Å². The molecule has 0 fully saturated rings. The second kappa shape index (κ2) is 12.1. The maximum Gasteiger partial charge on any atom is 0.264 e. The molecule has 3 aromatic carbocycles. The van der Waals surface area contributed by atoms with Gasteiger partial charge in [0.05, 0.1) is 30.0 Å². The fourth-order valence-corrected chi connectivity index (χ4v) is 4.89. The highest BCUT2D eigenvalue weighted by Crippen LogP contribution is 2.31. The van der Waals surface area contributed by atoms with Crippen molar-refractivity contribution in [1.82, 2.24) is 0 Å². The number of rotatable bonds is 12. The molecule has 0 aliphatic carbocycles. The number of nitrogens with zero attached hydrogens (tertiary/aromatic N) is 1. The Bertz CT molecular complexity index is 1230. The number of carbonyl (C=O) groups is 1. The van der Waals surface area contributed by atoms with Gasteiger partial charge < -0.3 is 19.5 Å². The quantitative estimate of drug-likeness (QED) is 0.388. The Labute approximate surface area is 206 Å². The minimum absolute atomic E-state index is 0.0264. The molecule has 0 bridgehead atoms. The van der Waals surface area contributed by atoms with E-state index in [0.717, 1.165) is 6.42 Å². The number of amides is 1. The zero-order valence-electron chi connectivity index (χ0n) is 20.1. The van der Waals surface area contributed by atoms with E-state index in [4.69, 9.17) is 14.2 Å².